The highest BCUT2D eigenvalue weighted by Crippen LogP contribution is 1.72. The second-order valence-electron chi connectivity index (χ2n) is 3.17. The first kappa shape index (κ1) is 14.8. The van der Waals surface area contributed by atoms with Crippen LogP contribution in [0.1, 0.15) is 13.8 Å². The minimum atomic E-state index is 0.178. The summed E-state index contributed by atoms with van der Waals surface area (Å²) in [6.07, 6.45) is 0. The van der Waals surface area contributed by atoms with E-state index in [1.807, 2.05) is 19.0 Å². The van der Waals surface area contributed by atoms with Gasteiger partial charge in [0, 0.05) is 0 Å². The first-order valence-electron chi connectivity index (χ1n) is 4.18. The highest BCUT2D eigenvalue weighted by molar-refractivity contribution is 5.77. The first-order valence-corrected chi connectivity index (χ1v) is 4.18. The van der Waals surface area contributed by atoms with Gasteiger partial charge in [-0.3, -0.25) is 9.59 Å². The van der Waals surface area contributed by atoms with Crippen LogP contribution in [0.15, 0.2) is 0 Å². The number of rotatable bonds is 4. The van der Waals surface area contributed by atoms with E-state index in [2.05, 4.69) is 5.32 Å². The molecule has 0 aromatic carbocycles. The average Bonchev–Trinajstić information content (AvgIpc) is 1.83. The molecule has 0 aliphatic heterocycles. The molecule has 4 nitrogen and oxygen atoms in total. The molecule has 0 saturated carbocycles. The van der Waals surface area contributed by atoms with Crippen LogP contribution >= 0.6 is 0 Å². The van der Waals surface area contributed by atoms with Crippen molar-refractivity contribution in [3.8, 4) is 0 Å². The van der Waals surface area contributed by atoms with Crippen molar-refractivity contribution in [2.75, 3.05) is 34.2 Å². The summed E-state index contributed by atoms with van der Waals surface area (Å²) in [4.78, 5) is 22.0. The number of ketones is 2. The standard InChI is InChI=1S/C5H11NO.C4H9NO/c1-5(7)4-6(2)3;1-4(6)3-5-2/h4H2,1-3H3;5H,3H2,1-2H3. The molecule has 78 valence electrons. The van der Waals surface area contributed by atoms with Crippen LogP contribution in [0.25, 0.3) is 0 Å². The molecule has 0 saturated heterocycles. The van der Waals surface area contributed by atoms with Gasteiger partial charge in [-0.15, -0.1) is 0 Å². The van der Waals surface area contributed by atoms with Crippen LogP contribution < -0.4 is 5.32 Å². The molecule has 0 aliphatic rings. The molecule has 0 fully saturated rings. The summed E-state index contributed by atoms with van der Waals surface area (Å²) in [5, 5.41) is 2.72. The third-order valence-electron chi connectivity index (χ3n) is 0.965. The zero-order valence-corrected chi connectivity index (χ0v) is 9.18. The molecule has 1 N–H and O–H groups in total. The molecule has 0 atom stereocenters. The second-order valence-corrected chi connectivity index (χ2v) is 3.17. The number of nitrogens with one attached hydrogen (secondary N) is 1. The van der Waals surface area contributed by atoms with Gasteiger partial charge in [-0.2, -0.15) is 0 Å². The van der Waals surface area contributed by atoms with Crippen molar-refractivity contribution in [1.29, 1.82) is 0 Å². The number of nitrogens with zero attached hydrogens (tertiary/aromatic N) is 1. The Bertz CT molecular complexity index is 156. The predicted octanol–water partition coefficient (Wildman–Crippen LogP) is -0.0682. The Morgan fingerprint density at radius 3 is 1.62 bits per heavy atom. The lowest BCUT2D eigenvalue weighted by Crippen LogP contribution is -2.18. The summed E-state index contributed by atoms with van der Waals surface area (Å²) in [6, 6.07) is 0. The van der Waals surface area contributed by atoms with Gasteiger partial charge in [0.25, 0.3) is 0 Å². The van der Waals surface area contributed by atoms with Crippen LogP contribution in [0, 0.1) is 0 Å². The van der Waals surface area contributed by atoms with E-state index in [1.165, 1.54) is 0 Å². The van der Waals surface area contributed by atoms with E-state index in [0.717, 1.165) is 0 Å². The summed E-state index contributed by atoms with van der Waals surface area (Å²) in [6.45, 7) is 4.18. The number of hydrogen-bond donors (Lipinski definition) is 1. The maximum absolute atomic E-state index is 10.2. The van der Waals surface area contributed by atoms with Crippen LogP contribution in [-0.2, 0) is 9.59 Å². The molecule has 0 heterocycles. The highest BCUT2D eigenvalue weighted by atomic mass is 16.1. The van der Waals surface area contributed by atoms with Crippen molar-refractivity contribution < 1.29 is 9.59 Å². The normalized spacial score (nSPS) is 9.08. The molecule has 0 radical (unpaired) electrons. The van der Waals surface area contributed by atoms with Gasteiger partial charge < -0.3 is 10.2 Å². The number of hydrogen-bond acceptors (Lipinski definition) is 4. The van der Waals surface area contributed by atoms with E-state index < -0.39 is 0 Å². The monoisotopic (exact) mass is 188 g/mol. The lowest BCUT2D eigenvalue weighted by molar-refractivity contribution is -0.117. The molecule has 0 bridgehead atoms. The summed E-state index contributed by atoms with van der Waals surface area (Å²) in [5.74, 6) is 0.391. The topological polar surface area (TPSA) is 49.4 Å². The Labute approximate surface area is 80.3 Å². The lowest BCUT2D eigenvalue weighted by Gasteiger charge is -2.03. The number of Topliss-reactive ketones (excluding diaryl/α,β-unsaturated/α-hetero) is 2. The van der Waals surface area contributed by atoms with E-state index in [0.29, 0.717) is 13.1 Å². The molecule has 0 aliphatic carbocycles. The molecule has 0 unspecified atom stereocenters. The summed E-state index contributed by atoms with van der Waals surface area (Å²) in [7, 11) is 5.50. The van der Waals surface area contributed by atoms with Crippen LogP contribution in [0.3, 0.4) is 0 Å². The Hall–Kier alpha value is -0.740. The quantitative estimate of drug-likeness (QED) is 0.671. The predicted molar refractivity (Wildman–Crippen MR) is 53.8 cm³/mol. The van der Waals surface area contributed by atoms with Gasteiger partial charge in [0.05, 0.1) is 13.1 Å². The third kappa shape index (κ3) is 24.6. The van der Waals surface area contributed by atoms with Crippen LogP contribution in [0.4, 0.5) is 0 Å². The number of likely N-dealkylation sites (N-methyl/N-ethyl adjacent to an activating group) is 2. The molecule has 13 heavy (non-hydrogen) atoms. The molecule has 0 aromatic rings. The minimum Gasteiger partial charge on any atom is -0.313 e. The zero-order chi connectivity index (χ0) is 10.9. The van der Waals surface area contributed by atoms with E-state index in [9.17, 15) is 9.59 Å². The van der Waals surface area contributed by atoms with Gasteiger partial charge >= 0.3 is 0 Å². The van der Waals surface area contributed by atoms with Gasteiger partial charge in [-0.05, 0) is 35.0 Å². The summed E-state index contributed by atoms with van der Waals surface area (Å²) >= 11 is 0. The Morgan fingerprint density at radius 1 is 1.15 bits per heavy atom. The number of carbonyl (C=O) groups is 2. The Balaban J connectivity index is 0. The van der Waals surface area contributed by atoms with Gasteiger partial charge in [-0.1, -0.05) is 0 Å². The second kappa shape index (κ2) is 9.35. The van der Waals surface area contributed by atoms with Crippen molar-refractivity contribution in [1.82, 2.24) is 10.2 Å². The van der Waals surface area contributed by atoms with Crippen molar-refractivity contribution in [3.05, 3.63) is 0 Å². The van der Waals surface area contributed by atoms with E-state index in [4.69, 9.17) is 0 Å². The fraction of sp³-hybridized carbons (Fsp3) is 0.778. The van der Waals surface area contributed by atoms with E-state index in [-0.39, 0.29) is 11.6 Å². The smallest absolute Gasteiger partial charge is 0.143 e. The van der Waals surface area contributed by atoms with Crippen molar-refractivity contribution in [2.24, 2.45) is 0 Å². The van der Waals surface area contributed by atoms with Crippen molar-refractivity contribution in [2.45, 2.75) is 13.8 Å². The van der Waals surface area contributed by atoms with Crippen LogP contribution in [-0.4, -0.2) is 50.7 Å². The SMILES string of the molecule is CC(=O)CN(C)C.CNCC(C)=O. The van der Waals surface area contributed by atoms with Crippen molar-refractivity contribution in [3.63, 3.8) is 0 Å². The Morgan fingerprint density at radius 2 is 1.62 bits per heavy atom. The molecule has 0 amide bonds. The van der Waals surface area contributed by atoms with Crippen molar-refractivity contribution >= 4 is 11.6 Å². The highest BCUT2D eigenvalue weighted by Gasteiger charge is 1.91. The van der Waals surface area contributed by atoms with Gasteiger partial charge in [0.1, 0.15) is 11.6 Å². The van der Waals surface area contributed by atoms with Gasteiger partial charge in [-0.25, -0.2) is 0 Å². The maximum Gasteiger partial charge on any atom is 0.143 e. The minimum absolute atomic E-state index is 0.178. The lowest BCUT2D eigenvalue weighted by atomic mass is 10.4. The van der Waals surface area contributed by atoms with Gasteiger partial charge in [0.15, 0.2) is 0 Å². The number of carbonyl (C=O) groups excluding carboxylic acids is 2. The fourth-order valence-corrected chi connectivity index (χ4v) is 0.694. The average molecular weight is 188 g/mol. The molecular weight excluding hydrogens is 168 g/mol. The largest absolute Gasteiger partial charge is 0.313 e. The van der Waals surface area contributed by atoms with Crippen LogP contribution in [0.2, 0.25) is 0 Å². The maximum atomic E-state index is 10.2. The summed E-state index contributed by atoms with van der Waals surface area (Å²) in [5.41, 5.74) is 0. The molecule has 0 spiro atoms. The molecular formula is C9H20N2O2. The van der Waals surface area contributed by atoms with E-state index >= 15 is 0 Å². The Kier molecular flexibility index (Phi) is 10.6. The third-order valence-corrected chi connectivity index (χ3v) is 0.965. The zero-order valence-electron chi connectivity index (χ0n) is 9.18. The first-order chi connectivity index (χ1) is 5.90. The summed E-state index contributed by atoms with van der Waals surface area (Å²) < 4.78 is 0. The fourth-order valence-electron chi connectivity index (χ4n) is 0.694. The van der Waals surface area contributed by atoms with Gasteiger partial charge in [0.2, 0.25) is 0 Å². The molecule has 0 aromatic heterocycles. The van der Waals surface area contributed by atoms with E-state index in [1.54, 1.807) is 20.9 Å². The van der Waals surface area contributed by atoms with Crippen LogP contribution in [0.5, 0.6) is 0 Å². The molecule has 4 heteroatoms. The molecule has 0 rings (SSSR count).